The molecule has 2 heterocycles. The van der Waals surface area contributed by atoms with Crippen LogP contribution >= 0.6 is 12.2 Å². The molecule has 0 saturated heterocycles. The molecule has 0 fully saturated rings. The van der Waals surface area contributed by atoms with Gasteiger partial charge < -0.3 is 0 Å². The number of nitrogens with zero attached hydrogens (tertiary/aromatic N) is 2. The lowest BCUT2D eigenvalue weighted by molar-refractivity contribution is 0.615. The van der Waals surface area contributed by atoms with E-state index in [9.17, 15) is 0 Å². The molecule has 0 radical (unpaired) electrons. The number of hydrogen-bond donors (Lipinski definition) is 1. The van der Waals surface area contributed by atoms with Crippen LogP contribution in [0.25, 0.3) is 5.65 Å². The number of fused-ring (bicyclic) bond motifs is 2. The summed E-state index contributed by atoms with van der Waals surface area (Å²) in [5.74, 6) is 0.580. The highest BCUT2D eigenvalue weighted by atomic mass is 32.1. The predicted molar refractivity (Wildman–Crippen MR) is 75.7 cm³/mol. The second-order valence-corrected chi connectivity index (χ2v) is 5.50. The maximum Gasteiger partial charge on any atom is 0.154 e. The molecule has 0 atom stereocenters. The van der Waals surface area contributed by atoms with Crippen molar-refractivity contribution in [1.29, 1.82) is 0 Å². The van der Waals surface area contributed by atoms with E-state index in [0.29, 0.717) is 5.92 Å². The van der Waals surface area contributed by atoms with Crippen molar-refractivity contribution in [3.05, 3.63) is 27.7 Å². The zero-order valence-corrected chi connectivity index (χ0v) is 11.8. The average molecular weight is 261 g/mol. The Kier molecular flexibility index (Phi) is 2.98. The van der Waals surface area contributed by atoms with E-state index in [2.05, 4.69) is 25.0 Å². The molecule has 1 N–H and O–H groups in total. The van der Waals surface area contributed by atoms with Gasteiger partial charge in [-0.3, -0.25) is 5.10 Å². The van der Waals surface area contributed by atoms with Crippen LogP contribution in [0.3, 0.4) is 0 Å². The minimum Gasteiger partial charge on any atom is -0.295 e. The molecular weight excluding hydrogens is 242 g/mol. The summed E-state index contributed by atoms with van der Waals surface area (Å²) in [6.07, 6.45) is 5.66. The molecule has 2 aromatic rings. The number of rotatable bonds is 3. The van der Waals surface area contributed by atoms with Crippen molar-refractivity contribution in [1.82, 2.24) is 14.6 Å². The maximum atomic E-state index is 5.58. The minimum atomic E-state index is 0.580. The maximum absolute atomic E-state index is 5.58. The van der Waals surface area contributed by atoms with Gasteiger partial charge in [-0.05, 0) is 32.1 Å². The van der Waals surface area contributed by atoms with E-state index in [0.717, 1.165) is 36.0 Å². The first kappa shape index (κ1) is 11.9. The number of H-pyrrole nitrogens is 1. The molecule has 0 saturated carbocycles. The van der Waals surface area contributed by atoms with Gasteiger partial charge in [0.15, 0.2) is 5.65 Å². The SMILES string of the molecule is CCC(CC)c1cc2nc3c(c(=S)n2[nH]1)CCC3. The van der Waals surface area contributed by atoms with Crippen LogP contribution in [-0.2, 0) is 12.8 Å². The van der Waals surface area contributed by atoms with Crippen LogP contribution < -0.4 is 0 Å². The zero-order chi connectivity index (χ0) is 12.7. The van der Waals surface area contributed by atoms with Crippen LogP contribution in [0.5, 0.6) is 0 Å². The first-order valence-corrected chi connectivity index (χ1v) is 7.28. The van der Waals surface area contributed by atoms with Gasteiger partial charge in [-0.25, -0.2) is 9.50 Å². The Morgan fingerprint density at radius 2 is 2.17 bits per heavy atom. The first-order chi connectivity index (χ1) is 8.74. The van der Waals surface area contributed by atoms with E-state index in [1.165, 1.54) is 23.4 Å². The minimum absolute atomic E-state index is 0.580. The number of aromatic nitrogens is 3. The molecule has 4 heteroatoms. The van der Waals surface area contributed by atoms with Gasteiger partial charge in [0.05, 0.1) is 0 Å². The molecular formula is C14H19N3S. The topological polar surface area (TPSA) is 33.1 Å². The van der Waals surface area contributed by atoms with E-state index in [1.54, 1.807) is 0 Å². The average Bonchev–Trinajstić information content (AvgIpc) is 2.98. The van der Waals surface area contributed by atoms with Crippen molar-refractivity contribution >= 4 is 17.9 Å². The molecule has 18 heavy (non-hydrogen) atoms. The summed E-state index contributed by atoms with van der Waals surface area (Å²) < 4.78 is 2.93. The Labute approximate surface area is 112 Å². The third kappa shape index (κ3) is 1.70. The van der Waals surface area contributed by atoms with Crippen LogP contribution in [0.4, 0.5) is 0 Å². The van der Waals surface area contributed by atoms with Crippen molar-refractivity contribution in [2.45, 2.75) is 51.9 Å². The third-order valence-electron chi connectivity index (χ3n) is 4.08. The smallest absolute Gasteiger partial charge is 0.154 e. The van der Waals surface area contributed by atoms with Gasteiger partial charge in [0.2, 0.25) is 0 Å². The molecule has 1 aliphatic rings. The molecule has 0 bridgehead atoms. The van der Waals surface area contributed by atoms with Crippen LogP contribution in [0.2, 0.25) is 0 Å². The summed E-state index contributed by atoms with van der Waals surface area (Å²) in [6, 6.07) is 2.17. The quantitative estimate of drug-likeness (QED) is 0.853. The van der Waals surface area contributed by atoms with Gasteiger partial charge in [0.1, 0.15) is 4.64 Å². The molecule has 0 amide bonds. The summed E-state index contributed by atoms with van der Waals surface area (Å²) in [5, 5.41) is 3.45. The Morgan fingerprint density at radius 3 is 2.89 bits per heavy atom. The van der Waals surface area contributed by atoms with Crippen molar-refractivity contribution in [2.75, 3.05) is 0 Å². The summed E-state index contributed by atoms with van der Waals surface area (Å²) in [6.45, 7) is 4.46. The fourth-order valence-electron chi connectivity index (χ4n) is 2.95. The van der Waals surface area contributed by atoms with Gasteiger partial charge in [-0.1, -0.05) is 26.1 Å². The van der Waals surface area contributed by atoms with E-state index in [1.807, 2.05) is 4.52 Å². The summed E-state index contributed by atoms with van der Waals surface area (Å²) in [5.41, 5.74) is 4.75. The molecule has 0 aromatic carbocycles. The van der Waals surface area contributed by atoms with Crippen LogP contribution in [0, 0.1) is 4.64 Å². The van der Waals surface area contributed by atoms with Gasteiger partial charge in [0, 0.05) is 28.9 Å². The molecule has 96 valence electrons. The van der Waals surface area contributed by atoms with Gasteiger partial charge in [-0.2, -0.15) is 0 Å². The predicted octanol–water partition coefficient (Wildman–Crippen LogP) is 3.78. The van der Waals surface area contributed by atoms with Crippen LogP contribution in [-0.4, -0.2) is 14.6 Å². The van der Waals surface area contributed by atoms with Crippen molar-refractivity contribution < 1.29 is 0 Å². The number of nitrogens with one attached hydrogen (secondary N) is 1. The lowest BCUT2D eigenvalue weighted by atomic mass is 10.00. The Hall–Kier alpha value is -1.16. The van der Waals surface area contributed by atoms with Crippen LogP contribution in [0.1, 0.15) is 56.0 Å². The highest BCUT2D eigenvalue weighted by Crippen LogP contribution is 2.26. The van der Waals surface area contributed by atoms with E-state index >= 15 is 0 Å². The molecule has 0 spiro atoms. The largest absolute Gasteiger partial charge is 0.295 e. The lowest BCUT2D eigenvalue weighted by Gasteiger charge is -2.08. The summed E-state index contributed by atoms with van der Waals surface area (Å²) >= 11 is 5.58. The Balaban J connectivity index is 2.19. The van der Waals surface area contributed by atoms with Gasteiger partial charge in [-0.15, -0.1) is 0 Å². The molecule has 2 aromatic heterocycles. The fraction of sp³-hybridized carbons (Fsp3) is 0.571. The van der Waals surface area contributed by atoms with Gasteiger partial charge in [0.25, 0.3) is 0 Å². The van der Waals surface area contributed by atoms with E-state index in [-0.39, 0.29) is 0 Å². The Bertz CT molecular complexity index is 634. The molecule has 1 aliphatic carbocycles. The monoisotopic (exact) mass is 261 g/mol. The number of hydrogen-bond acceptors (Lipinski definition) is 2. The third-order valence-corrected chi connectivity index (χ3v) is 4.51. The highest BCUT2D eigenvalue weighted by molar-refractivity contribution is 7.71. The zero-order valence-electron chi connectivity index (χ0n) is 11.0. The van der Waals surface area contributed by atoms with E-state index in [4.69, 9.17) is 17.2 Å². The standard InChI is InChI=1S/C14H19N3S/c1-3-9(4-2)12-8-13-15-11-7-5-6-10(11)14(18)17(13)16-12/h8-9,16H,3-7H2,1-2H3. The molecule has 3 rings (SSSR count). The van der Waals surface area contributed by atoms with Gasteiger partial charge >= 0.3 is 0 Å². The normalized spacial score (nSPS) is 14.6. The molecule has 0 aliphatic heterocycles. The second kappa shape index (κ2) is 4.50. The van der Waals surface area contributed by atoms with Crippen LogP contribution in [0.15, 0.2) is 6.07 Å². The highest BCUT2D eigenvalue weighted by Gasteiger charge is 2.18. The molecule has 0 unspecified atom stereocenters. The summed E-state index contributed by atoms with van der Waals surface area (Å²) in [4.78, 5) is 4.75. The van der Waals surface area contributed by atoms with Crippen molar-refractivity contribution in [3.8, 4) is 0 Å². The number of aromatic amines is 1. The first-order valence-electron chi connectivity index (χ1n) is 6.88. The lowest BCUT2D eigenvalue weighted by Crippen LogP contribution is -2.00. The van der Waals surface area contributed by atoms with E-state index < -0.39 is 0 Å². The molecule has 3 nitrogen and oxygen atoms in total. The number of aryl methyl sites for hydroxylation is 1. The summed E-state index contributed by atoms with van der Waals surface area (Å²) in [7, 11) is 0. The fourth-order valence-corrected chi connectivity index (χ4v) is 3.31. The van der Waals surface area contributed by atoms with Crippen molar-refractivity contribution in [2.24, 2.45) is 0 Å². The second-order valence-electron chi connectivity index (χ2n) is 5.11. The van der Waals surface area contributed by atoms with Crippen molar-refractivity contribution in [3.63, 3.8) is 0 Å². The Morgan fingerprint density at radius 1 is 1.39 bits per heavy atom.